The van der Waals surface area contributed by atoms with Crippen molar-refractivity contribution in [3.8, 4) is 5.75 Å². The summed E-state index contributed by atoms with van der Waals surface area (Å²) < 4.78 is 6.37. The lowest BCUT2D eigenvalue weighted by atomic mass is 10.1. The van der Waals surface area contributed by atoms with Crippen molar-refractivity contribution in [2.75, 3.05) is 13.2 Å². The Hall–Kier alpha value is -2.97. The number of rotatable bonds is 8. The van der Waals surface area contributed by atoms with Crippen molar-refractivity contribution in [2.45, 2.75) is 13.0 Å². The molecule has 22 heavy (non-hydrogen) atoms. The highest BCUT2D eigenvalue weighted by molar-refractivity contribution is 5.75. The zero-order valence-electron chi connectivity index (χ0n) is 11.7. The molecule has 0 spiro atoms. The molecule has 2 rings (SSSR count). The number of tetrazole rings is 1. The predicted molar refractivity (Wildman–Crippen MR) is 74.1 cm³/mol. The summed E-state index contributed by atoms with van der Waals surface area (Å²) in [5.41, 5.74) is 1.00. The minimum atomic E-state index is -1.02. The molecule has 0 atom stereocenters. The van der Waals surface area contributed by atoms with Crippen LogP contribution in [0.15, 0.2) is 30.6 Å². The molecule has 2 N–H and O–H groups in total. The second-order valence-corrected chi connectivity index (χ2v) is 4.43. The number of aliphatic carboxylic acids is 1. The number of amides is 1. The Morgan fingerprint density at radius 3 is 2.68 bits per heavy atom. The number of carbonyl (C=O) groups is 2. The van der Waals surface area contributed by atoms with Crippen LogP contribution in [-0.4, -0.2) is 50.3 Å². The number of carbonyl (C=O) groups excluding carboxylic acids is 1. The summed E-state index contributed by atoms with van der Waals surface area (Å²) in [5, 5.41) is 21.8. The van der Waals surface area contributed by atoms with Crippen LogP contribution in [0.4, 0.5) is 0 Å². The molecule has 9 heteroatoms. The summed E-state index contributed by atoms with van der Waals surface area (Å²) in [7, 11) is 0. The van der Waals surface area contributed by atoms with E-state index in [0.29, 0.717) is 18.7 Å². The number of carboxylic acid groups (broad SMARTS) is 1. The fraction of sp³-hybridized carbons (Fsp3) is 0.308. The summed E-state index contributed by atoms with van der Waals surface area (Å²) in [6.45, 7) is 0.192. The lowest BCUT2D eigenvalue weighted by Gasteiger charge is -2.06. The van der Waals surface area contributed by atoms with Crippen molar-refractivity contribution < 1.29 is 19.4 Å². The first-order chi connectivity index (χ1) is 10.6. The van der Waals surface area contributed by atoms with E-state index in [0.717, 1.165) is 5.56 Å². The molecule has 0 saturated carbocycles. The molecule has 9 nitrogen and oxygen atoms in total. The van der Waals surface area contributed by atoms with Crippen LogP contribution < -0.4 is 10.1 Å². The number of ether oxygens (including phenoxy) is 1. The second kappa shape index (κ2) is 7.72. The summed E-state index contributed by atoms with van der Waals surface area (Å²) in [4.78, 5) is 22.0. The molecule has 0 radical (unpaired) electrons. The Morgan fingerprint density at radius 1 is 1.27 bits per heavy atom. The molecule has 0 aliphatic heterocycles. The third-order valence-corrected chi connectivity index (χ3v) is 2.72. The van der Waals surface area contributed by atoms with E-state index < -0.39 is 5.97 Å². The number of carboxylic acids is 1. The maximum absolute atomic E-state index is 11.6. The maximum atomic E-state index is 11.6. The van der Waals surface area contributed by atoms with Gasteiger partial charge >= 0.3 is 5.97 Å². The third-order valence-electron chi connectivity index (χ3n) is 2.72. The normalized spacial score (nSPS) is 10.2. The smallest absolute Gasteiger partial charge is 0.341 e. The van der Waals surface area contributed by atoms with Crippen LogP contribution in [0, 0.1) is 0 Å². The zero-order valence-corrected chi connectivity index (χ0v) is 11.7. The van der Waals surface area contributed by atoms with Gasteiger partial charge in [-0.3, -0.25) is 4.79 Å². The average Bonchev–Trinajstić information content (AvgIpc) is 2.99. The quantitative estimate of drug-likeness (QED) is 0.674. The van der Waals surface area contributed by atoms with Crippen LogP contribution >= 0.6 is 0 Å². The molecule has 1 amide bonds. The van der Waals surface area contributed by atoms with Crippen molar-refractivity contribution in [3.63, 3.8) is 0 Å². The van der Waals surface area contributed by atoms with E-state index in [2.05, 4.69) is 20.8 Å². The van der Waals surface area contributed by atoms with Crippen LogP contribution in [0.2, 0.25) is 0 Å². The summed E-state index contributed by atoms with van der Waals surface area (Å²) in [5.74, 6) is -0.697. The number of hydrogen-bond acceptors (Lipinski definition) is 6. The maximum Gasteiger partial charge on any atom is 0.341 e. The van der Waals surface area contributed by atoms with Gasteiger partial charge in [0.25, 0.3) is 0 Å². The van der Waals surface area contributed by atoms with Gasteiger partial charge in [0, 0.05) is 6.54 Å². The number of benzene rings is 1. The molecule has 116 valence electrons. The molecular weight excluding hydrogens is 290 g/mol. The zero-order chi connectivity index (χ0) is 15.8. The van der Waals surface area contributed by atoms with Gasteiger partial charge in [-0.25, -0.2) is 9.48 Å². The van der Waals surface area contributed by atoms with Gasteiger partial charge in [0.1, 0.15) is 18.6 Å². The fourth-order valence-electron chi connectivity index (χ4n) is 1.70. The van der Waals surface area contributed by atoms with Gasteiger partial charge in [0.05, 0.1) is 0 Å². The summed E-state index contributed by atoms with van der Waals surface area (Å²) in [6, 6.07) is 7.04. The standard InChI is InChI=1S/C13H15N5O4/c19-12(7-18-9-15-16-17-18)14-6-5-10-1-3-11(4-2-10)22-8-13(20)21/h1-4,9H,5-8H2,(H,14,19)(H,20,21). The van der Waals surface area contributed by atoms with Crippen molar-refractivity contribution in [1.29, 1.82) is 0 Å². The van der Waals surface area contributed by atoms with Gasteiger partial charge in [0.15, 0.2) is 6.61 Å². The Morgan fingerprint density at radius 2 is 2.05 bits per heavy atom. The van der Waals surface area contributed by atoms with E-state index in [1.807, 2.05) is 12.1 Å². The van der Waals surface area contributed by atoms with Gasteiger partial charge in [-0.2, -0.15) is 0 Å². The van der Waals surface area contributed by atoms with Crippen molar-refractivity contribution in [1.82, 2.24) is 25.5 Å². The van der Waals surface area contributed by atoms with E-state index in [9.17, 15) is 9.59 Å². The Bertz CT molecular complexity index is 612. The highest BCUT2D eigenvalue weighted by Crippen LogP contribution is 2.12. The Labute approximate surface area is 125 Å². The number of nitrogens with zero attached hydrogens (tertiary/aromatic N) is 4. The van der Waals surface area contributed by atoms with Gasteiger partial charge in [-0.1, -0.05) is 12.1 Å². The van der Waals surface area contributed by atoms with Crippen molar-refractivity contribution >= 4 is 11.9 Å². The molecule has 0 unspecified atom stereocenters. The molecule has 0 fully saturated rings. The van der Waals surface area contributed by atoms with E-state index >= 15 is 0 Å². The molecule has 2 aromatic rings. The molecule has 1 heterocycles. The highest BCUT2D eigenvalue weighted by Gasteiger charge is 2.04. The monoisotopic (exact) mass is 305 g/mol. The lowest BCUT2D eigenvalue weighted by Crippen LogP contribution is -2.29. The van der Waals surface area contributed by atoms with Crippen LogP contribution in [0.25, 0.3) is 0 Å². The minimum Gasteiger partial charge on any atom is -0.482 e. The SMILES string of the molecule is O=C(O)COc1ccc(CCNC(=O)Cn2cnnn2)cc1. The molecule has 0 aliphatic carbocycles. The first-order valence-electron chi connectivity index (χ1n) is 6.54. The lowest BCUT2D eigenvalue weighted by molar-refractivity contribution is -0.139. The second-order valence-electron chi connectivity index (χ2n) is 4.43. The van der Waals surface area contributed by atoms with E-state index in [4.69, 9.17) is 9.84 Å². The molecular formula is C13H15N5O4. The third kappa shape index (κ3) is 5.19. The van der Waals surface area contributed by atoms with Crippen LogP contribution in [0.3, 0.4) is 0 Å². The van der Waals surface area contributed by atoms with E-state index in [-0.39, 0.29) is 19.1 Å². The topological polar surface area (TPSA) is 119 Å². The van der Waals surface area contributed by atoms with Gasteiger partial charge < -0.3 is 15.2 Å². The van der Waals surface area contributed by atoms with Crippen LogP contribution in [0.1, 0.15) is 5.56 Å². The molecule has 0 aliphatic rings. The van der Waals surface area contributed by atoms with E-state index in [1.165, 1.54) is 11.0 Å². The Balaban J connectivity index is 1.70. The number of aromatic nitrogens is 4. The molecule has 0 saturated heterocycles. The summed E-state index contributed by atoms with van der Waals surface area (Å²) >= 11 is 0. The first kappa shape index (κ1) is 15.4. The summed E-state index contributed by atoms with van der Waals surface area (Å²) in [6.07, 6.45) is 2.02. The van der Waals surface area contributed by atoms with Crippen LogP contribution in [-0.2, 0) is 22.6 Å². The van der Waals surface area contributed by atoms with Crippen molar-refractivity contribution in [2.24, 2.45) is 0 Å². The molecule has 1 aromatic carbocycles. The van der Waals surface area contributed by atoms with E-state index in [1.54, 1.807) is 12.1 Å². The van der Waals surface area contributed by atoms with Crippen LogP contribution in [0.5, 0.6) is 5.75 Å². The fourth-order valence-corrected chi connectivity index (χ4v) is 1.70. The Kier molecular flexibility index (Phi) is 5.41. The largest absolute Gasteiger partial charge is 0.482 e. The first-order valence-corrected chi connectivity index (χ1v) is 6.54. The van der Waals surface area contributed by atoms with Gasteiger partial charge in [0.2, 0.25) is 5.91 Å². The molecule has 0 bridgehead atoms. The average molecular weight is 305 g/mol. The van der Waals surface area contributed by atoms with Crippen molar-refractivity contribution in [3.05, 3.63) is 36.2 Å². The highest BCUT2D eigenvalue weighted by atomic mass is 16.5. The minimum absolute atomic E-state index is 0.0783. The van der Waals surface area contributed by atoms with Gasteiger partial charge in [-0.15, -0.1) is 5.10 Å². The van der Waals surface area contributed by atoms with Gasteiger partial charge in [-0.05, 0) is 34.5 Å². The molecule has 1 aromatic heterocycles. The predicted octanol–water partition coefficient (Wildman–Crippen LogP) is -0.505. The number of nitrogens with one attached hydrogen (secondary N) is 1. The number of hydrogen-bond donors (Lipinski definition) is 2.